The van der Waals surface area contributed by atoms with Gasteiger partial charge in [-0.05, 0) is 39.8 Å². The normalized spacial score (nSPS) is 16.7. The van der Waals surface area contributed by atoms with Gasteiger partial charge < -0.3 is 10.4 Å². The molecule has 2 N–H and O–H groups in total. The van der Waals surface area contributed by atoms with Crippen LogP contribution in [0.15, 0.2) is 54.9 Å². The molecular formula is C21H21ClN6O4. The molecule has 2 aromatic carbocycles. The Hall–Kier alpha value is -3.34. The molecule has 1 aromatic heterocycles. The Morgan fingerprint density at radius 3 is 2.81 bits per heavy atom. The number of benzene rings is 2. The molecule has 0 unspecified atom stereocenters. The average molecular weight is 457 g/mol. The second-order valence-corrected chi connectivity index (χ2v) is 7.69. The van der Waals surface area contributed by atoms with E-state index in [0.29, 0.717) is 22.7 Å². The van der Waals surface area contributed by atoms with Crippen molar-refractivity contribution in [1.29, 1.82) is 0 Å². The van der Waals surface area contributed by atoms with Gasteiger partial charge in [0.05, 0.1) is 12.3 Å². The first-order valence-electron chi connectivity index (χ1n) is 10.0. The van der Waals surface area contributed by atoms with Crippen LogP contribution < -0.4 is 5.32 Å². The molecule has 1 aliphatic rings. The van der Waals surface area contributed by atoms with Crippen LogP contribution in [-0.2, 0) is 27.4 Å². The number of carbonyl (C=O) groups excluding carboxylic acids is 2. The fraction of sp³-hybridized carbons (Fsp3) is 0.286. The van der Waals surface area contributed by atoms with Gasteiger partial charge in [0.1, 0.15) is 18.5 Å². The SMILES string of the molecule is O=C(NCc1cc(Cl)ccc1-n1cnnn1)[C@@H]1CCON1C(=O)[C@H](O)Cc1ccccc1. The van der Waals surface area contributed by atoms with Crippen molar-refractivity contribution in [2.24, 2.45) is 0 Å². The number of amides is 2. The van der Waals surface area contributed by atoms with Gasteiger partial charge in [-0.25, -0.2) is 9.75 Å². The van der Waals surface area contributed by atoms with Crippen LogP contribution in [0, 0.1) is 0 Å². The van der Waals surface area contributed by atoms with E-state index in [1.165, 1.54) is 11.0 Å². The van der Waals surface area contributed by atoms with E-state index in [9.17, 15) is 14.7 Å². The lowest BCUT2D eigenvalue weighted by molar-refractivity contribution is -0.187. The minimum absolute atomic E-state index is 0.131. The van der Waals surface area contributed by atoms with Crippen LogP contribution in [0.1, 0.15) is 17.5 Å². The smallest absolute Gasteiger partial charge is 0.276 e. The Labute approximate surface area is 188 Å². The summed E-state index contributed by atoms with van der Waals surface area (Å²) in [5.41, 5.74) is 2.16. The molecular weight excluding hydrogens is 436 g/mol. The van der Waals surface area contributed by atoms with Crippen molar-refractivity contribution in [3.63, 3.8) is 0 Å². The number of hydrogen-bond donors (Lipinski definition) is 2. The molecule has 10 nitrogen and oxygen atoms in total. The molecule has 0 radical (unpaired) electrons. The maximum atomic E-state index is 12.9. The lowest BCUT2D eigenvalue weighted by Crippen LogP contribution is -2.48. The van der Waals surface area contributed by atoms with E-state index in [2.05, 4.69) is 20.8 Å². The summed E-state index contributed by atoms with van der Waals surface area (Å²) in [5, 5.41) is 25.8. The van der Waals surface area contributed by atoms with E-state index >= 15 is 0 Å². The molecule has 32 heavy (non-hydrogen) atoms. The highest BCUT2D eigenvalue weighted by Crippen LogP contribution is 2.21. The Morgan fingerprint density at radius 2 is 2.06 bits per heavy atom. The molecule has 0 saturated carbocycles. The third-order valence-corrected chi connectivity index (χ3v) is 5.31. The number of aliphatic hydroxyl groups excluding tert-OH is 1. The zero-order chi connectivity index (χ0) is 22.5. The van der Waals surface area contributed by atoms with Crippen LogP contribution in [0.3, 0.4) is 0 Å². The van der Waals surface area contributed by atoms with E-state index in [-0.39, 0.29) is 19.6 Å². The zero-order valence-electron chi connectivity index (χ0n) is 17.0. The maximum absolute atomic E-state index is 12.9. The lowest BCUT2D eigenvalue weighted by Gasteiger charge is -2.24. The number of aliphatic hydroxyl groups is 1. The van der Waals surface area contributed by atoms with Crippen molar-refractivity contribution in [2.75, 3.05) is 6.61 Å². The van der Waals surface area contributed by atoms with Crippen LogP contribution in [-0.4, -0.2) is 60.9 Å². The van der Waals surface area contributed by atoms with Gasteiger partial charge in [-0.15, -0.1) is 5.10 Å². The highest BCUT2D eigenvalue weighted by Gasteiger charge is 2.38. The molecule has 166 valence electrons. The first-order valence-corrected chi connectivity index (χ1v) is 10.4. The highest BCUT2D eigenvalue weighted by atomic mass is 35.5. The van der Waals surface area contributed by atoms with E-state index < -0.39 is 24.0 Å². The summed E-state index contributed by atoms with van der Waals surface area (Å²) < 4.78 is 1.46. The second kappa shape index (κ2) is 9.86. The fourth-order valence-corrected chi connectivity index (χ4v) is 3.68. The quantitative estimate of drug-likeness (QED) is 0.545. The zero-order valence-corrected chi connectivity index (χ0v) is 17.7. The molecule has 1 saturated heterocycles. The molecule has 2 amide bonds. The highest BCUT2D eigenvalue weighted by molar-refractivity contribution is 6.30. The number of halogens is 1. The number of tetrazole rings is 1. The fourth-order valence-electron chi connectivity index (χ4n) is 3.49. The van der Waals surface area contributed by atoms with E-state index in [0.717, 1.165) is 10.6 Å². The molecule has 0 aliphatic carbocycles. The van der Waals surface area contributed by atoms with Crippen LogP contribution in [0.4, 0.5) is 0 Å². The molecule has 0 bridgehead atoms. The van der Waals surface area contributed by atoms with Gasteiger partial charge in [-0.1, -0.05) is 41.9 Å². The van der Waals surface area contributed by atoms with Crippen molar-refractivity contribution < 1.29 is 19.5 Å². The van der Waals surface area contributed by atoms with Crippen molar-refractivity contribution in [3.05, 3.63) is 71.0 Å². The van der Waals surface area contributed by atoms with Gasteiger partial charge in [0.2, 0.25) is 5.91 Å². The topological polar surface area (TPSA) is 122 Å². The Morgan fingerprint density at radius 1 is 1.25 bits per heavy atom. The van der Waals surface area contributed by atoms with Gasteiger partial charge in [-0.2, -0.15) is 0 Å². The third-order valence-electron chi connectivity index (χ3n) is 5.07. The predicted molar refractivity (Wildman–Crippen MR) is 113 cm³/mol. The largest absolute Gasteiger partial charge is 0.383 e. The number of aromatic nitrogens is 4. The number of hydroxylamine groups is 2. The third kappa shape index (κ3) is 4.93. The number of hydrogen-bond acceptors (Lipinski definition) is 7. The molecule has 2 heterocycles. The molecule has 4 rings (SSSR count). The van der Waals surface area contributed by atoms with Gasteiger partial charge in [0.25, 0.3) is 5.91 Å². The molecule has 1 fully saturated rings. The standard InChI is InChI=1S/C21H21ClN6O4/c22-16-6-7-17(27-13-24-25-26-27)15(11-16)12-23-20(30)18-8-9-32-28(18)21(31)19(29)10-14-4-2-1-3-5-14/h1-7,11,13,18-19,29H,8-10,12H2,(H,23,30)/t18-,19+/m0/s1. The summed E-state index contributed by atoms with van der Waals surface area (Å²) in [6.45, 7) is 0.342. The minimum atomic E-state index is -1.31. The van der Waals surface area contributed by atoms with Gasteiger partial charge >= 0.3 is 0 Å². The summed E-state index contributed by atoms with van der Waals surface area (Å²) in [5.74, 6) is -1.05. The summed E-state index contributed by atoms with van der Waals surface area (Å²) in [4.78, 5) is 30.9. The Kier molecular flexibility index (Phi) is 6.74. The summed E-state index contributed by atoms with van der Waals surface area (Å²) in [6, 6.07) is 13.4. The van der Waals surface area contributed by atoms with Crippen molar-refractivity contribution in [3.8, 4) is 5.69 Å². The van der Waals surface area contributed by atoms with E-state index in [4.69, 9.17) is 16.4 Å². The van der Waals surface area contributed by atoms with Crippen molar-refractivity contribution >= 4 is 23.4 Å². The van der Waals surface area contributed by atoms with Crippen LogP contribution in [0.5, 0.6) is 0 Å². The average Bonchev–Trinajstić information content (AvgIpc) is 3.50. The second-order valence-electron chi connectivity index (χ2n) is 7.25. The Bertz CT molecular complexity index is 1080. The summed E-state index contributed by atoms with van der Waals surface area (Å²) >= 11 is 6.11. The van der Waals surface area contributed by atoms with Crippen LogP contribution in [0.2, 0.25) is 5.02 Å². The monoisotopic (exact) mass is 456 g/mol. The summed E-state index contributed by atoms with van der Waals surface area (Å²) in [7, 11) is 0. The number of carbonyl (C=O) groups is 2. The van der Waals surface area contributed by atoms with E-state index in [1.54, 1.807) is 18.2 Å². The van der Waals surface area contributed by atoms with Gasteiger partial charge in [0, 0.05) is 24.4 Å². The first-order chi connectivity index (χ1) is 15.5. The number of rotatable bonds is 7. The van der Waals surface area contributed by atoms with Crippen LogP contribution in [0.25, 0.3) is 5.69 Å². The van der Waals surface area contributed by atoms with Crippen LogP contribution >= 0.6 is 11.6 Å². The van der Waals surface area contributed by atoms with Gasteiger partial charge in [-0.3, -0.25) is 14.4 Å². The minimum Gasteiger partial charge on any atom is -0.383 e. The summed E-state index contributed by atoms with van der Waals surface area (Å²) in [6.07, 6.45) is 0.579. The molecule has 2 atom stereocenters. The number of nitrogens with zero attached hydrogens (tertiary/aromatic N) is 5. The predicted octanol–water partition coefficient (Wildman–Crippen LogP) is 1.07. The number of nitrogens with one attached hydrogen (secondary N) is 1. The molecule has 3 aromatic rings. The maximum Gasteiger partial charge on any atom is 0.276 e. The molecule has 1 aliphatic heterocycles. The van der Waals surface area contributed by atoms with Crippen molar-refractivity contribution in [2.45, 2.75) is 31.5 Å². The first kappa shape index (κ1) is 21.9. The molecule has 0 spiro atoms. The van der Waals surface area contributed by atoms with Gasteiger partial charge in [0.15, 0.2) is 0 Å². The van der Waals surface area contributed by atoms with E-state index in [1.807, 2.05) is 30.3 Å². The lowest BCUT2D eigenvalue weighted by atomic mass is 10.1. The molecule has 11 heteroatoms. The Balaban J connectivity index is 1.41. The van der Waals surface area contributed by atoms with Crippen molar-refractivity contribution in [1.82, 2.24) is 30.6 Å².